The van der Waals surface area contributed by atoms with Crippen molar-refractivity contribution in [3.05, 3.63) is 89.7 Å². The monoisotopic (exact) mass is 439 g/mol. The summed E-state index contributed by atoms with van der Waals surface area (Å²) in [5.74, 6) is 0.974. The molecule has 0 atom stereocenters. The predicted octanol–water partition coefficient (Wildman–Crippen LogP) is 5.29. The van der Waals surface area contributed by atoms with Crippen LogP contribution in [-0.4, -0.2) is 22.6 Å². The highest BCUT2D eigenvalue weighted by molar-refractivity contribution is 5.91. The molecule has 4 aromatic rings. The van der Waals surface area contributed by atoms with Gasteiger partial charge >= 0.3 is 6.18 Å². The third kappa shape index (κ3) is 4.74. The Labute approximate surface area is 182 Å². The van der Waals surface area contributed by atoms with Gasteiger partial charge in [0.15, 0.2) is 0 Å². The molecule has 5 nitrogen and oxygen atoms in total. The van der Waals surface area contributed by atoms with Crippen LogP contribution in [0.1, 0.15) is 17.0 Å². The molecule has 3 aromatic carbocycles. The summed E-state index contributed by atoms with van der Waals surface area (Å²) in [7, 11) is 1.59. The van der Waals surface area contributed by atoms with E-state index in [2.05, 4.69) is 10.3 Å². The standard InChI is InChI=1S/C24H20F3N3O2/c1-32-19-11-9-16(10-12-19)13-22-29-20-7-2-3-8-21(20)30(22)15-23(31)28-18-6-4-5-17(14-18)24(25,26)27/h2-12,14H,13,15H2,1H3,(H,28,31). The molecule has 0 radical (unpaired) electrons. The molecular weight excluding hydrogens is 419 g/mol. The summed E-state index contributed by atoms with van der Waals surface area (Å²) in [6, 6.07) is 19.5. The zero-order valence-corrected chi connectivity index (χ0v) is 17.2. The summed E-state index contributed by atoms with van der Waals surface area (Å²) < 4.78 is 45.8. The number of amides is 1. The number of benzene rings is 3. The van der Waals surface area contributed by atoms with Gasteiger partial charge in [-0.05, 0) is 48.0 Å². The third-order valence-electron chi connectivity index (χ3n) is 5.03. The number of carbonyl (C=O) groups excluding carboxylic acids is 1. The molecule has 1 amide bonds. The summed E-state index contributed by atoms with van der Waals surface area (Å²) in [6.45, 7) is -0.0811. The average Bonchev–Trinajstić information content (AvgIpc) is 3.10. The van der Waals surface area contributed by atoms with E-state index in [1.165, 1.54) is 12.1 Å². The minimum atomic E-state index is -4.48. The summed E-state index contributed by atoms with van der Waals surface area (Å²) in [6.07, 6.45) is -4.00. The predicted molar refractivity (Wildman–Crippen MR) is 116 cm³/mol. The molecule has 0 bridgehead atoms. The van der Waals surface area contributed by atoms with E-state index in [0.29, 0.717) is 12.2 Å². The van der Waals surface area contributed by atoms with Crippen molar-refractivity contribution in [3.63, 3.8) is 0 Å². The summed E-state index contributed by atoms with van der Waals surface area (Å²) in [5.41, 5.74) is 1.77. The Morgan fingerprint density at radius 3 is 2.50 bits per heavy atom. The zero-order chi connectivity index (χ0) is 22.7. The van der Waals surface area contributed by atoms with Crippen LogP contribution in [0.2, 0.25) is 0 Å². The second-order valence-electron chi connectivity index (χ2n) is 7.25. The number of rotatable bonds is 6. The molecule has 32 heavy (non-hydrogen) atoms. The quantitative estimate of drug-likeness (QED) is 0.444. The van der Waals surface area contributed by atoms with Gasteiger partial charge in [-0.2, -0.15) is 13.2 Å². The Hall–Kier alpha value is -3.81. The Bertz CT molecular complexity index is 1250. The number of nitrogens with zero attached hydrogens (tertiary/aromatic N) is 2. The van der Waals surface area contributed by atoms with E-state index in [1.54, 1.807) is 11.7 Å². The number of anilines is 1. The lowest BCUT2D eigenvalue weighted by Crippen LogP contribution is -2.20. The van der Waals surface area contributed by atoms with Crippen LogP contribution in [0.25, 0.3) is 11.0 Å². The molecule has 0 aliphatic heterocycles. The number of nitrogens with one attached hydrogen (secondary N) is 1. The third-order valence-corrected chi connectivity index (χ3v) is 5.03. The van der Waals surface area contributed by atoms with Gasteiger partial charge in [0.25, 0.3) is 0 Å². The van der Waals surface area contributed by atoms with Crippen LogP contribution < -0.4 is 10.1 Å². The number of para-hydroxylation sites is 2. The van der Waals surface area contributed by atoms with Crippen molar-refractivity contribution < 1.29 is 22.7 Å². The summed E-state index contributed by atoms with van der Waals surface area (Å²) >= 11 is 0. The molecule has 1 aromatic heterocycles. The van der Waals surface area contributed by atoms with Crippen LogP contribution in [0.15, 0.2) is 72.8 Å². The minimum Gasteiger partial charge on any atom is -0.497 e. The van der Waals surface area contributed by atoms with Crippen LogP contribution in [0.3, 0.4) is 0 Å². The van der Waals surface area contributed by atoms with Gasteiger partial charge in [-0.25, -0.2) is 4.98 Å². The van der Waals surface area contributed by atoms with Crippen LogP contribution in [0, 0.1) is 0 Å². The maximum absolute atomic E-state index is 13.0. The first-order valence-corrected chi connectivity index (χ1v) is 9.87. The van der Waals surface area contributed by atoms with Gasteiger partial charge in [0.1, 0.15) is 18.1 Å². The average molecular weight is 439 g/mol. The molecule has 0 saturated heterocycles. The molecule has 0 unspecified atom stereocenters. The Kier molecular flexibility index (Phi) is 5.85. The van der Waals surface area contributed by atoms with Crippen molar-refractivity contribution in [2.45, 2.75) is 19.1 Å². The van der Waals surface area contributed by atoms with Crippen molar-refractivity contribution in [2.75, 3.05) is 12.4 Å². The van der Waals surface area contributed by atoms with Crippen LogP contribution >= 0.6 is 0 Å². The molecule has 0 saturated carbocycles. The normalized spacial score (nSPS) is 11.5. The Morgan fingerprint density at radius 2 is 1.78 bits per heavy atom. The smallest absolute Gasteiger partial charge is 0.416 e. The molecule has 0 aliphatic carbocycles. The largest absolute Gasteiger partial charge is 0.497 e. The minimum absolute atomic E-state index is 0.0811. The maximum atomic E-state index is 13.0. The molecular formula is C24H20F3N3O2. The molecule has 1 heterocycles. The SMILES string of the molecule is COc1ccc(Cc2nc3ccccc3n2CC(=O)Nc2cccc(C(F)(F)F)c2)cc1. The van der Waals surface area contributed by atoms with Crippen LogP contribution in [0.5, 0.6) is 5.75 Å². The first-order valence-electron chi connectivity index (χ1n) is 9.87. The first kappa shape index (κ1) is 21.4. The highest BCUT2D eigenvalue weighted by Crippen LogP contribution is 2.30. The van der Waals surface area contributed by atoms with E-state index in [-0.39, 0.29) is 12.2 Å². The fraction of sp³-hybridized carbons (Fsp3) is 0.167. The van der Waals surface area contributed by atoms with Gasteiger partial charge in [0, 0.05) is 12.1 Å². The Balaban J connectivity index is 1.59. The second kappa shape index (κ2) is 8.74. The molecule has 0 aliphatic rings. The van der Waals surface area contributed by atoms with Crippen molar-refractivity contribution in [3.8, 4) is 5.75 Å². The topological polar surface area (TPSA) is 56.2 Å². The Morgan fingerprint density at radius 1 is 1.03 bits per heavy atom. The van der Waals surface area contributed by atoms with Gasteiger partial charge in [-0.15, -0.1) is 0 Å². The molecule has 0 spiro atoms. The number of fused-ring (bicyclic) bond motifs is 1. The lowest BCUT2D eigenvalue weighted by atomic mass is 10.1. The highest BCUT2D eigenvalue weighted by Gasteiger charge is 2.30. The number of hydrogen-bond donors (Lipinski definition) is 1. The maximum Gasteiger partial charge on any atom is 0.416 e. The van der Waals surface area contributed by atoms with Gasteiger partial charge in [0.05, 0.1) is 23.7 Å². The summed E-state index contributed by atoms with van der Waals surface area (Å²) in [5, 5.41) is 2.56. The first-order chi connectivity index (χ1) is 15.3. The molecule has 4 rings (SSSR count). The number of carbonyl (C=O) groups is 1. The van der Waals surface area contributed by atoms with E-state index in [4.69, 9.17) is 4.74 Å². The van der Waals surface area contributed by atoms with E-state index in [9.17, 15) is 18.0 Å². The number of methoxy groups -OCH3 is 1. The molecule has 1 N–H and O–H groups in total. The second-order valence-corrected chi connectivity index (χ2v) is 7.25. The van der Waals surface area contributed by atoms with E-state index < -0.39 is 17.6 Å². The van der Waals surface area contributed by atoms with Crippen LogP contribution in [0.4, 0.5) is 18.9 Å². The number of aromatic nitrogens is 2. The number of alkyl halides is 3. The lowest BCUT2D eigenvalue weighted by Gasteiger charge is -2.12. The van der Waals surface area contributed by atoms with E-state index >= 15 is 0 Å². The van der Waals surface area contributed by atoms with Gasteiger partial charge < -0.3 is 14.6 Å². The number of ether oxygens (including phenoxy) is 1. The van der Waals surface area contributed by atoms with E-state index in [0.717, 1.165) is 34.5 Å². The fourth-order valence-corrected chi connectivity index (χ4v) is 3.48. The van der Waals surface area contributed by atoms with Crippen molar-refractivity contribution in [2.24, 2.45) is 0 Å². The lowest BCUT2D eigenvalue weighted by molar-refractivity contribution is -0.137. The van der Waals surface area contributed by atoms with Crippen LogP contribution in [-0.2, 0) is 23.9 Å². The van der Waals surface area contributed by atoms with Gasteiger partial charge in [0.2, 0.25) is 5.91 Å². The number of imidazole rings is 1. The van der Waals surface area contributed by atoms with Gasteiger partial charge in [-0.3, -0.25) is 4.79 Å². The summed E-state index contributed by atoms with van der Waals surface area (Å²) in [4.78, 5) is 17.4. The zero-order valence-electron chi connectivity index (χ0n) is 17.2. The van der Waals surface area contributed by atoms with Crippen molar-refractivity contribution >= 4 is 22.6 Å². The van der Waals surface area contributed by atoms with Gasteiger partial charge in [-0.1, -0.05) is 30.3 Å². The number of halogens is 3. The molecule has 0 fully saturated rings. The van der Waals surface area contributed by atoms with Crippen molar-refractivity contribution in [1.82, 2.24) is 9.55 Å². The van der Waals surface area contributed by atoms with E-state index in [1.807, 2.05) is 48.5 Å². The fourth-order valence-electron chi connectivity index (χ4n) is 3.48. The van der Waals surface area contributed by atoms with Crippen molar-refractivity contribution in [1.29, 1.82) is 0 Å². The highest BCUT2D eigenvalue weighted by atomic mass is 19.4. The molecule has 164 valence electrons. The molecule has 8 heteroatoms. The number of hydrogen-bond acceptors (Lipinski definition) is 3.